The molecule has 1 aliphatic rings. The van der Waals surface area contributed by atoms with Crippen LogP contribution in [0.2, 0.25) is 0 Å². The van der Waals surface area contributed by atoms with E-state index in [2.05, 4.69) is 21.2 Å². The molecule has 0 unspecified atom stereocenters. The fourth-order valence-corrected chi connectivity index (χ4v) is 5.06. The largest absolute Gasteiger partial charge is 0.370 e. The average Bonchev–Trinajstić information content (AvgIpc) is 3.04. The first-order valence-electron chi connectivity index (χ1n) is 11.1. The Kier molecular flexibility index (Phi) is 8.08. The van der Waals surface area contributed by atoms with E-state index in [1.807, 2.05) is 38.1 Å². The summed E-state index contributed by atoms with van der Waals surface area (Å²) in [6, 6.07) is 15.8. The molecular formula is C24H31N5O3S. The molecular weight excluding hydrogens is 438 g/mol. The molecule has 3 rings (SSSR count). The lowest BCUT2D eigenvalue weighted by atomic mass is 10.2. The van der Waals surface area contributed by atoms with Crippen molar-refractivity contribution in [2.24, 2.45) is 0 Å². The van der Waals surface area contributed by atoms with Gasteiger partial charge in [-0.25, -0.2) is 8.42 Å². The van der Waals surface area contributed by atoms with Gasteiger partial charge in [0.1, 0.15) is 0 Å². The number of amides is 1. The Labute approximate surface area is 196 Å². The number of sulfonamides is 1. The van der Waals surface area contributed by atoms with E-state index >= 15 is 0 Å². The summed E-state index contributed by atoms with van der Waals surface area (Å²) in [5, 5.41) is 11.8. The lowest BCUT2D eigenvalue weighted by molar-refractivity contribution is -0.117. The zero-order valence-electron chi connectivity index (χ0n) is 19.4. The maximum Gasteiger partial charge on any atom is 0.243 e. The molecule has 9 heteroatoms. The van der Waals surface area contributed by atoms with Crippen molar-refractivity contribution in [3.05, 3.63) is 54.1 Å². The third kappa shape index (κ3) is 6.32. The summed E-state index contributed by atoms with van der Waals surface area (Å²) in [6.45, 7) is 7.18. The molecule has 8 nitrogen and oxygen atoms in total. The molecule has 0 aliphatic carbocycles. The maximum atomic E-state index is 12.6. The van der Waals surface area contributed by atoms with Gasteiger partial charge in [-0.3, -0.25) is 9.69 Å². The zero-order valence-corrected chi connectivity index (χ0v) is 20.2. The molecule has 2 aromatic carbocycles. The zero-order chi connectivity index (χ0) is 24.0. The fraction of sp³-hybridized carbons (Fsp3) is 0.417. The van der Waals surface area contributed by atoms with Crippen LogP contribution in [0.5, 0.6) is 0 Å². The number of benzene rings is 2. The third-order valence-corrected chi connectivity index (χ3v) is 7.91. The number of hydrogen-bond donors (Lipinski definition) is 1. The Hall–Kier alpha value is -2.93. The Morgan fingerprint density at radius 3 is 2.33 bits per heavy atom. The highest BCUT2D eigenvalue weighted by Gasteiger charge is 2.23. The minimum absolute atomic E-state index is 0.128. The number of rotatable bonds is 7. The van der Waals surface area contributed by atoms with Gasteiger partial charge < -0.3 is 10.2 Å². The van der Waals surface area contributed by atoms with Gasteiger partial charge >= 0.3 is 0 Å². The summed E-state index contributed by atoms with van der Waals surface area (Å²) in [7, 11) is -2.00. The van der Waals surface area contributed by atoms with Crippen LogP contribution in [-0.2, 0) is 14.8 Å². The van der Waals surface area contributed by atoms with Gasteiger partial charge in [0, 0.05) is 50.6 Å². The first-order chi connectivity index (χ1) is 15.7. The number of nitrogens with one attached hydrogen (secondary N) is 1. The number of nitriles is 1. The number of carbonyl (C=O) groups excluding carboxylic acids is 1. The van der Waals surface area contributed by atoms with E-state index in [-0.39, 0.29) is 23.4 Å². The van der Waals surface area contributed by atoms with Crippen molar-refractivity contribution in [2.45, 2.75) is 31.2 Å². The molecule has 1 N–H and O–H groups in total. The van der Waals surface area contributed by atoms with Crippen LogP contribution in [0.4, 0.5) is 11.4 Å². The maximum absolute atomic E-state index is 12.6. The summed E-state index contributed by atoms with van der Waals surface area (Å²) in [5.74, 6) is -0.128. The second kappa shape index (κ2) is 10.8. The van der Waals surface area contributed by atoms with Crippen molar-refractivity contribution in [3.63, 3.8) is 0 Å². The van der Waals surface area contributed by atoms with Crippen molar-refractivity contribution in [1.82, 2.24) is 9.21 Å². The van der Waals surface area contributed by atoms with E-state index in [9.17, 15) is 13.2 Å². The predicted octanol–water partition coefficient (Wildman–Crippen LogP) is 2.74. The van der Waals surface area contributed by atoms with Crippen LogP contribution in [0.25, 0.3) is 0 Å². The van der Waals surface area contributed by atoms with Gasteiger partial charge in [-0.2, -0.15) is 9.57 Å². The van der Waals surface area contributed by atoms with Gasteiger partial charge in [-0.15, -0.1) is 0 Å². The summed E-state index contributed by atoms with van der Waals surface area (Å²) in [6.07, 6.45) is 0.934. The van der Waals surface area contributed by atoms with Crippen LogP contribution in [0, 0.1) is 11.3 Å². The molecule has 176 valence electrons. The molecule has 0 atom stereocenters. The van der Waals surface area contributed by atoms with E-state index in [0.29, 0.717) is 11.3 Å². The summed E-state index contributed by atoms with van der Waals surface area (Å²) < 4.78 is 26.5. The van der Waals surface area contributed by atoms with E-state index in [4.69, 9.17) is 5.26 Å². The van der Waals surface area contributed by atoms with Crippen LogP contribution in [0.1, 0.15) is 25.8 Å². The number of anilines is 2. The highest BCUT2D eigenvalue weighted by Crippen LogP contribution is 2.20. The quantitative estimate of drug-likeness (QED) is 0.670. The smallest absolute Gasteiger partial charge is 0.243 e. The first kappa shape index (κ1) is 24.7. The van der Waals surface area contributed by atoms with Crippen molar-refractivity contribution in [2.75, 3.05) is 50.0 Å². The van der Waals surface area contributed by atoms with Gasteiger partial charge in [-0.05, 0) is 68.8 Å². The van der Waals surface area contributed by atoms with Crippen LogP contribution in [0.15, 0.2) is 53.4 Å². The molecule has 33 heavy (non-hydrogen) atoms. The molecule has 1 amide bonds. The van der Waals surface area contributed by atoms with Gasteiger partial charge in [-0.1, -0.05) is 0 Å². The summed E-state index contributed by atoms with van der Waals surface area (Å²) >= 11 is 0. The van der Waals surface area contributed by atoms with Crippen LogP contribution < -0.4 is 10.2 Å². The lowest BCUT2D eigenvalue weighted by Gasteiger charge is -2.23. The topological polar surface area (TPSA) is 96.8 Å². The molecule has 0 saturated carbocycles. The molecule has 0 aromatic heterocycles. The minimum atomic E-state index is -3.55. The molecule has 0 bridgehead atoms. The second-order valence-corrected chi connectivity index (χ2v) is 10.5. The monoisotopic (exact) mass is 469 g/mol. The Bertz CT molecular complexity index is 1090. The fourth-order valence-electron chi connectivity index (χ4n) is 3.69. The third-order valence-electron chi connectivity index (χ3n) is 5.86. The first-order valence-corrected chi connectivity index (χ1v) is 12.5. The van der Waals surface area contributed by atoms with E-state index < -0.39 is 10.0 Å². The summed E-state index contributed by atoms with van der Waals surface area (Å²) in [4.78, 5) is 17.2. The van der Waals surface area contributed by atoms with Gasteiger partial charge in [0.2, 0.25) is 15.9 Å². The molecule has 1 saturated heterocycles. The number of hydrogen-bond acceptors (Lipinski definition) is 6. The molecule has 1 heterocycles. The standard InChI is InChI=1S/C24H31N5O3S/c1-19(2)27(3)33(31,32)23-11-7-21(8-12-23)26-24(30)18-28-13-4-14-29(16-15-28)22-9-5-20(17-25)6-10-22/h5-12,19H,4,13-16,18H2,1-3H3,(H,26,30). The number of nitrogens with zero attached hydrogens (tertiary/aromatic N) is 4. The summed E-state index contributed by atoms with van der Waals surface area (Å²) in [5.41, 5.74) is 2.29. The van der Waals surface area contributed by atoms with Gasteiger partial charge in [0.25, 0.3) is 0 Å². The molecule has 2 aromatic rings. The molecule has 0 radical (unpaired) electrons. The normalized spacial score (nSPS) is 15.3. The SMILES string of the molecule is CC(C)N(C)S(=O)(=O)c1ccc(NC(=O)CN2CCCN(c3ccc(C#N)cc3)CC2)cc1. The van der Waals surface area contributed by atoms with Crippen molar-refractivity contribution in [1.29, 1.82) is 5.26 Å². The molecule has 1 aliphatic heterocycles. The Morgan fingerprint density at radius 1 is 1.06 bits per heavy atom. The predicted molar refractivity (Wildman–Crippen MR) is 130 cm³/mol. The van der Waals surface area contributed by atoms with Crippen molar-refractivity contribution < 1.29 is 13.2 Å². The van der Waals surface area contributed by atoms with E-state index in [1.165, 1.54) is 16.4 Å². The van der Waals surface area contributed by atoms with Gasteiger partial charge in [0.15, 0.2) is 0 Å². The highest BCUT2D eigenvalue weighted by molar-refractivity contribution is 7.89. The van der Waals surface area contributed by atoms with Crippen molar-refractivity contribution >= 4 is 27.3 Å². The van der Waals surface area contributed by atoms with Crippen LogP contribution in [0.3, 0.4) is 0 Å². The molecule has 0 spiro atoms. The van der Waals surface area contributed by atoms with Crippen LogP contribution in [-0.4, -0.2) is 69.3 Å². The van der Waals surface area contributed by atoms with E-state index in [1.54, 1.807) is 19.2 Å². The second-order valence-electron chi connectivity index (χ2n) is 8.46. The highest BCUT2D eigenvalue weighted by atomic mass is 32.2. The van der Waals surface area contributed by atoms with Crippen molar-refractivity contribution in [3.8, 4) is 6.07 Å². The Morgan fingerprint density at radius 2 is 1.73 bits per heavy atom. The minimum Gasteiger partial charge on any atom is -0.370 e. The number of carbonyl (C=O) groups is 1. The van der Waals surface area contributed by atoms with E-state index in [0.717, 1.165) is 38.3 Å². The molecule has 1 fully saturated rings. The van der Waals surface area contributed by atoms with Crippen LogP contribution >= 0.6 is 0 Å². The van der Waals surface area contributed by atoms with Gasteiger partial charge in [0.05, 0.1) is 23.1 Å². The average molecular weight is 470 g/mol. The lowest BCUT2D eigenvalue weighted by Crippen LogP contribution is -2.36. The Balaban J connectivity index is 1.54.